The predicted molar refractivity (Wildman–Crippen MR) is 81.5 cm³/mol. The lowest BCUT2D eigenvalue weighted by atomic mass is 9.96. The van der Waals surface area contributed by atoms with Crippen LogP contribution in [0.5, 0.6) is 0 Å². The van der Waals surface area contributed by atoms with Crippen LogP contribution in [-0.2, 0) is 16.0 Å². The van der Waals surface area contributed by atoms with Gasteiger partial charge in [0.2, 0.25) is 0 Å². The molecule has 0 saturated carbocycles. The fourth-order valence-corrected chi connectivity index (χ4v) is 3.26. The molecule has 0 spiro atoms. The van der Waals surface area contributed by atoms with Gasteiger partial charge in [-0.05, 0) is 24.6 Å². The van der Waals surface area contributed by atoms with Crippen LogP contribution in [0.4, 0.5) is 0 Å². The molecule has 0 aliphatic carbocycles. The van der Waals surface area contributed by atoms with Crippen LogP contribution in [0, 0.1) is 6.92 Å². The van der Waals surface area contributed by atoms with Crippen LogP contribution in [0.25, 0.3) is 0 Å². The maximum absolute atomic E-state index is 10.8. The third kappa shape index (κ3) is 2.76. The smallest absolute Gasteiger partial charge is 0.183 e. The first-order chi connectivity index (χ1) is 11.2. The average Bonchev–Trinajstić information content (AvgIpc) is 3.17. The normalized spacial score (nSPS) is 33.0. The van der Waals surface area contributed by atoms with Gasteiger partial charge >= 0.3 is 0 Å². The van der Waals surface area contributed by atoms with Gasteiger partial charge < -0.3 is 19.9 Å². The topological polar surface area (TPSA) is 81.4 Å². The number of aliphatic hydroxyl groups excluding tert-OH is 1. The van der Waals surface area contributed by atoms with Crippen LogP contribution in [0.3, 0.4) is 0 Å². The summed E-state index contributed by atoms with van der Waals surface area (Å²) in [7, 11) is 0. The van der Waals surface area contributed by atoms with Gasteiger partial charge in [0.05, 0.1) is 30.6 Å². The highest BCUT2D eigenvalue weighted by Crippen LogP contribution is 2.35. The van der Waals surface area contributed by atoms with Gasteiger partial charge in [-0.25, -0.2) is 0 Å². The Balaban J connectivity index is 1.52. The Bertz CT molecular complexity index is 662. The van der Waals surface area contributed by atoms with E-state index in [4.69, 9.17) is 9.47 Å². The van der Waals surface area contributed by atoms with E-state index in [2.05, 4.69) is 15.4 Å². The van der Waals surface area contributed by atoms with Crippen LogP contribution in [0.1, 0.15) is 17.3 Å². The second-order valence-corrected chi connectivity index (χ2v) is 6.08. The van der Waals surface area contributed by atoms with Crippen molar-refractivity contribution in [1.29, 1.82) is 0 Å². The number of pyridine rings is 1. The van der Waals surface area contributed by atoms with E-state index in [1.807, 2.05) is 31.3 Å². The Morgan fingerprint density at radius 1 is 1.43 bits per heavy atom. The summed E-state index contributed by atoms with van der Waals surface area (Å²) in [6.07, 6.45) is 4.16. The maximum Gasteiger partial charge on any atom is 0.183 e. The van der Waals surface area contributed by atoms with E-state index >= 15 is 0 Å². The van der Waals surface area contributed by atoms with Gasteiger partial charge in [-0.2, -0.15) is 5.10 Å². The Labute approximate surface area is 134 Å². The zero-order valence-electron chi connectivity index (χ0n) is 12.9. The number of hydrogen-bond donors (Lipinski definition) is 2. The van der Waals surface area contributed by atoms with E-state index in [1.165, 1.54) is 0 Å². The second-order valence-electron chi connectivity index (χ2n) is 6.08. The third-order valence-electron chi connectivity index (χ3n) is 4.41. The summed E-state index contributed by atoms with van der Waals surface area (Å²) in [5.41, 5.74) is 1.96. The number of nitrogens with zero attached hydrogens (tertiary/aromatic N) is 3. The lowest BCUT2D eigenvalue weighted by Crippen LogP contribution is -2.57. The lowest BCUT2D eigenvalue weighted by Gasteiger charge is -2.38. The van der Waals surface area contributed by atoms with E-state index in [0.29, 0.717) is 13.2 Å². The predicted octanol–water partition coefficient (Wildman–Crippen LogP) is 0.402. The van der Waals surface area contributed by atoms with E-state index in [-0.39, 0.29) is 18.2 Å². The molecular weight excluding hydrogens is 296 g/mol. The van der Waals surface area contributed by atoms with Gasteiger partial charge in [0.1, 0.15) is 12.1 Å². The van der Waals surface area contributed by atoms with Crippen LogP contribution in [0.15, 0.2) is 36.8 Å². The summed E-state index contributed by atoms with van der Waals surface area (Å²) in [6, 6.07) is 5.19. The maximum atomic E-state index is 10.8. The first kappa shape index (κ1) is 14.8. The van der Waals surface area contributed by atoms with E-state index in [0.717, 1.165) is 11.3 Å². The first-order valence-electron chi connectivity index (χ1n) is 7.81. The summed E-state index contributed by atoms with van der Waals surface area (Å²) in [5, 5.41) is 18.5. The summed E-state index contributed by atoms with van der Waals surface area (Å²) in [6.45, 7) is 3.00. The molecule has 2 N–H and O–H groups in total. The Kier molecular flexibility index (Phi) is 3.86. The van der Waals surface area contributed by atoms with Crippen molar-refractivity contribution in [1.82, 2.24) is 20.1 Å². The Morgan fingerprint density at radius 2 is 2.35 bits per heavy atom. The second kappa shape index (κ2) is 6.01. The standard InChI is InChI=1S/C16H20N4O3/c1-10-6-19-20(8-10)14-15(21)13(12-9-22-16(14)23-12)18-7-11-4-2-3-5-17-11/h2-6,8,12-16,18,21H,7,9H2,1H3/t12-,13-,14-,15+,16-/m1/s1. The van der Waals surface area contributed by atoms with Crippen molar-refractivity contribution in [2.45, 2.75) is 44.1 Å². The largest absolute Gasteiger partial charge is 0.389 e. The van der Waals surface area contributed by atoms with Crippen LogP contribution in [-0.4, -0.2) is 51.0 Å². The Morgan fingerprint density at radius 3 is 3.09 bits per heavy atom. The molecule has 0 aromatic carbocycles. The van der Waals surface area contributed by atoms with Gasteiger partial charge in [-0.3, -0.25) is 9.67 Å². The van der Waals surface area contributed by atoms with Crippen LogP contribution >= 0.6 is 0 Å². The molecule has 7 heteroatoms. The van der Waals surface area contributed by atoms with Crippen molar-refractivity contribution in [3.8, 4) is 0 Å². The quantitative estimate of drug-likeness (QED) is 0.850. The molecule has 2 aromatic rings. The molecule has 2 aliphatic rings. The molecule has 0 radical (unpaired) electrons. The van der Waals surface area contributed by atoms with E-state index in [9.17, 15) is 5.11 Å². The highest BCUT2D eigenvalue weighted by molar-refractivity contribution is 5.07. The molecule has 0 unspecified atom stereocenters. The molecular formula is C16H20N4O3. The highest BCUT2D eigenvalue weighted by atomic mass is 16.7. The molecule has 2 saturated heterocycles. The zero-order valence-corrected chi connectivity index (χ0v) is 12.9. The lowest BCUT2D eigenvalue weighted by molar-refractivity contribution is -0.168. The minimum absolute atomic E-state index is 0.161. The summed E-state index contributed by atoms with van der Waals surface area (Å²) >= 11 is 0. The van der Waals surface area contributed by atoms with Crippen LogP contribution < -0.4 is 5.32 Å². The Hall–Kier alpha value is -1.80. The van der Waals surface area contributed by atoms with Crippen molar-refractivity contribution in [2.75, 3.05) is 6.61 Å². The molecule has 0 amide bonds. The number of rotatable bonds is 4. The SMILES string of the molecule is Cc1cnn([C@H]2[C@@H]3OC[C@@H](O3)[C@@H](NCc3ccccn3)[C@@H]2O)c1. The number of nitrogens with one attached hydrogen (secondary N) is 1. The zero-order chi connectivity index (χ0) is 15.8. The van der Waals surface area contributed by atoms with Gasteiger partial charge in [0.15, 0.2) is 6.29 Å². The number of ether oxygens (including phenoxy) is 2. The number of fused-ring (bicyclic) bond motifs is 2. The summed E-state index contributed by atoms with van der Waals surface area (Å²) in [5.74, 6) is 0. The highest BCUT2D eigenvalue weighted by Gasteiger charge is 2.51. The molecule has 4 rings (SSSR count). The molecule has 23 heavy (non-hydrogen) atoms. The average molecular weight is 316 g/mol. The first-order valence-corrected chi connectivity index (χ1v) is 7.81. The number of aryl methyl sites for hydroxylation is 1. The monoisotopic (exact) mass is 316 g/mol. The van der Waals surface area contributed by atoms with Crippen molar-refractivity contribution in [3.63, 3.8) is 0 Å². The van der Waals surface area contributed by atoms with E-state index < -0.39 is 12.4 Å². The summed E-state index contributed by atoms with van der Waals surface area (Å²) < 4.78 is 13.4. The number of aromatic nitrogens is 3. The molecule has 4 heterocycles. The summed E-state index contributed by atoms with van der Waals surface area (Å²) in [4.78, 5) is 4.30. The fourth-order valence-electron chi connectivity index (χ4n) is 3.26. The number of aliphatic hydroxyl groups is 1. The van der Waals surface area contributed by atoms with Gasteiger partial charge in [-0.1, -0.05) is 6.07 Å². The molecule has 122 valence electrons. The molecule has 7 nitrogen and oxygen atoms in total. The molecule has 5 atom stereocenters. The molecule has 2 bridgehead atoms. The molecule has 2 fully saturated rings. The van der Waals surface area contributed by atoms with Crippen molar-refractivity contribution < 1.29 is 14.6 Å². The third-order valence-corrected chi connectivity index (χ3v) is 4.41. The minimum atomic E-state index is -0.649. The van der Waals surface area contributed by atoms with Crippen LogP contribution in [0.2, 0.25) is 0 Å². The minimum Gasteiger partial charge on any atom is -0.389 e. The van der Waals surface area contributed by atoms with E-state index in [1.54, 1.807) is 17.1 Å². The number of hydrogen-bond acceptors (Lipinski definition) is 6. The van der Waals surface area contributed by atoms with Crippen molar-refractivity contribution in [3.05, 3.63) is 48.0 Å². The fraction of sp³-hybridized carbons (Fsp3) is 0.500. The molecule has 2 aliphatic heterocycles. The van der Waals surface area contributed by atoms with Crippen molar-refractivity contribution >= 4 is 0 Å². The van der Waals surface area contributed by atoms with Crippen molar-refractivity contribution in [2.24, 2.45) is 0 Å². The van der Waals surface area contributed by atoms with Gasteiger partial charge in [0.25, 0.3) is 0 Å². The van der Waals surface area contributed by atoms with Gasteiger partial charge in [0, 0.05) is 18.9 Å². The molecule has 2 aromatic heterocycles. The van der Waals surface area contributed by atoms with Gasteiger partial charge in [-0.15, -0.1) is 0 Å².